The first-order chi connectivity index (χ1) is 13.3. The summed E-state index contributed by atoms with van der Waals surface area (Å²) in [6.07, 6.45) is 0. The number of nitrogens with zero attached hydrogens (tertiary/aromatic N) is 4. The predicted octanol–water partition coefficient (Wildman–Crippen LogP) is 2.11. The first-order valence-electron chi connectivity index (χ1n) is 9.27. The van der Waals surface area contributed by atoms with Crippen LogP contribution in [0.25, 0.3) is 0 Å². The highest BCUT2D eigenvalue weighted by Gasteiger charge is 2.24. The molecule has 0 saturated carbocycles. The summed E-state index contributed by atoms with van der Waals surface area (Å²) in [5, 5.41) is 3.94. The summed E-state index contributed by atoms with van der Waals surface area (Å²) < 4.78 is 19.4. The number of likely N-dealkylation sites (N-methyl/N-ethyl adjacent to an activating group) is 1. The fourth-order valence-electron chi connectivity index (χ4n) is 3.33. The summed E-state index contributed by atoms with van der Waals surface area (Å²) in [7, 11) is 1.87. The Morgan fingerprint density at radius 1 is 1.21 bits per heavy atom. The summed E-state index contributed by atoms with van der Waals surface area (Å²) >= 11 is 0. The zero-order valence-corrected chi connectivity index (χ0v) is 16.4. The average Bonchev–Trinajstić information content (AvgIpc) is 3.06. The highest BCUT2D eigenvalue weighted by molar-refractivity contribution is 5.94. The Morgan fingerprint density at radius 3 is 2.50 bits per heavy atom. The van der Waals surface area contributed by atoms with Gasteiger partial charge in [-0.2, -0.15) is 0 Å². The van der Waals surface area contributed by atoms with E-state index in [0.717, 1.165) is 11.5 Å². The lowest BCUT2D eigenvalue weighted by molar-refractivity contribution is -0.132. The van der Waals surface area contributed by atoms with Crippen LogP contribution in [0.3, 0.4) is 0 Å². The van der Waals surface area contributed by atoms with E-state index in [9.17, 15) is 14.0 Å². The van der Waals surface area contributed by atoms with Crippen LogP contribution in [0.2, 0.25) is 0 Å². The molecule has 1 aromatic carbocycles. The van der Waals surface area contributed by atoms with Crippen LogP contribution in [0, 0.1) is 12.7 Å². The van der Waals surface area contributed by atoms with E-state index in [1.54, 1.807) is 17.0 Å². The van der Waals surface area contributed by atoms with Gasteiger partial charge in [-0.05, 0) is 39.1 Å². The van der Waals surface area contributed by atoms with Crippen LogP contribution in [0.4, 0.5) is 10.1 Å². The monoisotopic (exact) mass is 388 g/mol. The molecule has 1 aromatic heterocycles. The quantitative estimate of drug-likeness (QED) is 0.706. The van der Waals surface area contributed by atoms with Crippen molar-refractivity contribution in [1.82, 2.24) is 15.0 Å². The number of rotatable bonds is 6. The van der Waals surface area contributed by atoms with Crippen LogP contribution in [0.5, 0.6) is 0 Å². The minimum atomic E-state index is -0.407. The van der Waals surface area contributed by atoms with Crippen molar-refractivity contribution in [1.29, 1.82) is 0 Å². The van der Waals surface area contributed by atoms with E-state index >= 15 is 0 Å². The van der Waals surface area contributed by atoms with Crippen molar-refractivity contribution in [2.24, 2.45) is 0 Å². The minimum absolute atomic E-state index is 0.0368. The van der Waals surface area contributed by atoms with Gasteiger partial charge in [0.25, 0.3) is 0 Å². The molecular formula is C20H25FN4O3. The van der Waals surface area contributed by atoms with E-state index in [4.69, 9.17) is 4.52 Å². The molecule has 1 aliphatic heterocycles. The van der Waals surface area contributed by atoms with Crippen LogP contribution in [0.1, 0.15) is 28.7 Å². The summed E-state index contributed by atoms with van der Waals surface area (Å²) in [5.41, 5.74) is 1.62. The Balaban J connectivity index is 1.52. The lowest BCUT2D eigenvalue weighted by Crippen LogP contribution is -2.51. The highest BCUT2D eigenvalue weighted by atomic mass is 19.1. The molecule has 0 unspecified atom stereocenters. The molecule has 28 heavy (non-hydrogen) atoms. The molecule has 1 amide bonds. The number of anilines is 1. The van der Waals surface area contributed by atoms with E-state index in [1.807, 2.05) is 29.8 Å². The van der Waals surface area contributed by atoms with Gasteiger partial charge < -0.3 is 14.3 Å². The number of carbonyl (C=O) groups excluding carboxylic acids is 2. The fourth-order valence-corrected chi connectivity index (χ4v) is 3.33. The number of piperazine rings is 1. The molecule has 0 bridgehead atoms. The molecule has 1 fully saturated rings. The number of hydrogen-bond acceptors (Lipinski definition) is 6. The summed E-state index contributed by atoms with van der Waals surface area (Å²) in [6, 6.07) is 6.40. The number of benzene rings is 1. The molecule has 1 saturated heterocycles. The van der Waals surface area contributed by atoms with Gasteiger partial charge in [-0.25, -0.2) is 4.39 Å². The van der Waals surface area contributed by atoms with Crippen molar-refractivity contribution < 1.29 is 18.5 Å². The molecule has 2 heterocycles. The maximum Gasteiger partial charge on any atom is 0.236 e. The molecule has 0 aliphatic carbocycles. The molecule has 0 atom stereocenters. The molecule has 8 heteroatoms. The number of aromatic nitrogens is 1. The largest absolute Gasteiger partial charge is 0.366 e. The third-order valence-corrected chi connectivity index (χ3v) is 4.84. The number of carbonyl (C=O) groups is 2. The van der Waals surface area contributed by atoms with Gasteiger partial charge in [-0.3, -0.25) is 14.5 Å². The summed E-state index contributed by atoms with van der Waals surface area (Å²) in [5.74, 6) is 0.213. The van der Waals surface area contributed by atoms with E-state index in [-0.39, 0.29) is 18.2 Å². The fraction of sp³-hybridized carbons (Fsp3) is 0.450. The Hall–Kier alpha value is -2.74. The normalized spacial score (nSPS) is 14.6. The second-order valence-electron chi connectivity index (χ2n) is 7.19. The second-order valence-corrected chi connectivity index (χ2v) is 7.19. The van der Waals surface area contributed by atoms with Crippen LogP contribution >= 0.6 is 0 Å². The third kappa shape index (κ3) is 4.75. The van der Waals surface area contributed by atoms with Gasteiger partial charge in [0, 0.05) is 44.4 Å². The van der Waals surface area contributed by atoms with Gasteiger partial charge in [0.05, 0.1) is 17.9 Å². The topological polar surface area (TPSA) is 69.9 Å². The van der Waals surface area contributed by atoms with E-state index in [0.29, 0.717) is 44.0 Å². The number of amides is 1. The van der Waals surface area contributed by atoms with Crippen molar-refractivity contribution in [3.63, 3.8) is 0 Å². The van der Waals surface area contributed by atoms with Crippen LogP contribution in [-0.2, 0) is 11.3 Å². The zero-order chi connectivity index (χ0) is 20.3. The lowest BCUT2D eigenvalue weighted by atomic mass is 10.1. The zero-order valence-electron chi connectivity index (χ0n) is 16.4. The van der Waals surface area contributed by atoms with Crippen molar-refractivity contribution in [2.45, 2.75) is 20.4 Å². The molecule has 2 aromatic rings. The average molecular weight is 388 g/mol. The number of ketones is 1. The van der Waals surface area contributed by atoms with E-state index in [1.165, 1.54) is 13.0 Å². The van der Waals surface area contributed by atoms with Gasteiger partial charge in [0.15, 0.2) is 5.78 Å². The van der Waals surface area contributed by atoms with Gasteiger partial charge >= 0.3 is 0 Å². The first kappa shape index (κ1) is 20.0. The Morgan fingerprint density at radius 2 is 1.93 bits per heavy atom. The molecule has 150 valence electrons. The van der Waals surface area contributed by atoms with Crippen LogP contribution < -0.4 is 4.90 Å². The van der Waals surface area contributed by atoms with Gasteiger partial charge in [0.2, 0.25) is 5.91 Å². The molecule has 0 radical (unpaired) electrons. The van der Waals surface area contributed by atoms with Crippen LogP contribution in [-0.4, -0.2) is 66.4 Å². The van der Waals surface area contributed by atoms with Gasteiger partial charge in [-0.15, -0.1) is 0 Å². The minimum Gasteiger partial charge on any atom is -0.366 e. The highest BCUT2D eigenvalue weighted by Crippen LogP contribution is 2.22. The summed E-state index contributed by atoms with van der Waals surface area (Å²) in [6.45, 7) is 6.23. The maximum absolute atomic E-state index is 14.3. The summed E-state index contributed by atoms with van der Waals surface area (Å²) in [4.78, 5) is 29.5. The number of hydrogen-bond donors (Lipinski definition) is 0. The predicted molar refractivity (Wildman–Crippen MR) is 103 cm³/mol. The van der Waals surface area contributed by atoms with Gasteiger partial charge in [-0.1, -0.05) is 5.16 Å². The van der Waals surface area contributed by atoms with E-state index in [2.05, 4.69) is 5.16 Å². The second kappa shape index (κ2) is 8.52. The third-order valence-electron chi connectivity index (χ3n) is 4.84. The van der Waals surface area contributed by atoms with Gasteiger partial charge in [0.1, 0.15) is 11.6 Å². The lowest BCUT2D eigenvalue weighted by Gasteiger charge is -2.36. The number of halogens is 1. The molecular weight excluding hydrogens is 363 g/mol. The Labute approximate surface area is 163 Å². The molecule has 3 rings (SSSR count). The Bertz CT molecular complexity index is 859. The van der Waals surface area contributed by atoms with Crippen molar-refractivity contribution in [3.05, 3.63) is 47.1 Å². The molecule has 1 aliphatic rings. The smallest absolute Gasteiger partial charge is 0.236 e. The number of Topliss-reactive ketones (excluding diaryl/α,β-unsaturated/α-hetero) is 1. The molecule has 7 nitrogen and oxygen atoms in total. The Kier molecular flexibility index (Phi) is 6.08. The van der Waals surface area contributed by atoms with Crippen molar-refractivity contribution in [2.75, 3.05) is 44.7 Å². The molecule has 0 spiro atoms. The first-order valence-corrected chi connectivity index (χ1v) is 9.27. The maximum atomic E-state index is 14.3. The van der Waals surface area contributed by atoms with Crippen LogP contribution in [0.15, 0.2) is 28.8 Å². The van der Waals surface area contributed by atoms with Crippen molar-refractivity contribution in [3.8, 4) is 0 Å². The standard InChI is InChI=1S/C20H25FN4O3/c1-14-10-17(22-28-14)12-23(3)13-20(27)25-8-6-24(7-9-25)19-5-4-16(15(2)26)11-18(19)21/h4-5,10-11H,6-9,12-13H2,1-3H3. The van der Waals surface area contributed by atoms with E-state index < -0.39 is 5.82 Å². The number of aryl methyl sites for hydroxylation is 1. The molecule has 0 N–H and O–H groups in total. The van der Waals surface area contributed by atoms with Crippen molar-refractivity contribution >= 4 is 17.4 Å². The SMILES string of the molecule is CC(=O)c1ccc(N2CCN(C(=O)CN(C)Cc3cc(C)on3)CC2)c(F)c1.